The molecule has 5 aromatic rings. The number of amides is 1. The minimum atomic E-state index is -0.953. The van der Waals surface area contributed by atoms with Crippen LogP contribution in [-0.4, -0.2) is 49.5 Å². The van der Waals surface area contributed by atoms with Crippen LogP contribution in [-0.2, 0) is 24.6 Å². The summed E-state index contributed by atoms with van der Waals surface area (Å²) in [5.41, 5.74) is 1.96. The summed E-state index contributed by atoms with van der Waals surface area (Å²) in [6.45, 7) is 5.36. The van der Waals surface area contributed by atoms with Gasteiger partial charge in [-0.2, -0.15) is 9.97 Å². The summed E-state index contributed by atoms with van der Waals surface area (Å²) < 4.78 is 22.4. The molecule has 2 aromatic heterocycles. The highest BCUT2D eigenvalue weighted by Gasteiger charge is 2.59. The fraction of sp³-hybridized carbons (Fsp3) is 0.257. The Bertz CT molecular complexity index is 1780. The van der Waals surface area contributed by atoms with Crippen LogP contribution in [0.15, 0.2) is 109 Å². The number of hydrogen-bond donors (Lipinski definition) is 1. The van der Waals surface area contributed by atoms with Crippen molar-refractivity contribution in [3.05, 3.63) is 131 Å². The number of carbonyl (C=O) groups is 1. The second-order valence-corrected chi connectivity index (χ2v) is 12.1. The first-order chi connectivity index (χ1) is 21.7. The quantitative estimate of drug-likeness (QED) is 0.121. The number of rotatable bonds is 8. The lowest BCUT2D eigenvalue weighted by Crippen LogP contribution is -2.46. The molecule has 228 valence electrons. The number of halogens is 1. The zero-order chi connectivity index (χ0) is 31.2. The molecule has 3 atom stereocenters. The van der Waals surface area contributed by atoms with Crippen LogP contribution in [0.4, 0.5) is 5.95 Å². The zero-order valence-electron chi connectivity index (χ0n) is 25.1. The topological polar surface area (TPSA) is 100 Å². The smallest absolute Gasteiger partial charge is 0.232 e. The van der Waals surface area contributed by atoms with Crippen LogP contribution in [0.3, 0.4) is 0 Å². The highest BCUT2D eigenvalue weighted by molar-refractivity contribution is 6.33. The summed E-state index contributed by atoms with van der Waals surface area (Å²) in [5, 5.41) is 2.76. The van der Waals surface area contributed by atoms with Crippen LogP contribution < -0.4 is 5.32 Å². The second kappa shape index (κ2) is 11.2. The fourth-order valence-electron chi connectivity index (χ4n) is 6.50. The van der Waals surface area contributed by atoms with Gasteiger partial charge in [-0.1, -0.05) is 109 Å². The number of nitrogens with one attached hydrogen (secondary N) is 1. The van der Waals surface area contributed by atoms with Gasteiger partial charge in [-0.15, -0.1) is 0 Å². The molecule has 1 N–H and O–H groups in total. The molecule has 0 saturated carbocycles. The molecule has 3 aromatic carbocycles. The number of anilines is 1. The molecule has 1 amide bonds. The van der Waals surface area contributed by atoms with Gasteiger partial charge in [0, 0.05) is 6.92 Å². The number of fused-ring (bicyclic) bond motifs is 2. The molecule has 1 saturated heterocycles. The molecule has 1 fully saturated rings. The third-order valence-corrected chi connectivity index (χ3v) is 8.52. The van der Waals surface area contributed by atoms with Gasteiger partial charge in [0.15, 0.2) is 16.6 Å². The number of aromatic nitrogens is 4. The van der Waals surface area contributed by atoms with Gasteiger partial charge < -0.3 is 18.8 Å². The zero-order valence-corrected chi connectivity index (χ0v) is 25.8. The summed E-state index contributed by atoms with van der Waals surface area (Å²) in [6, 6.07) is 30.3. The maximum atomic E-state index is 11.7. The summed E-state index contributed by atoms with van der Waals surface area (Å²) in [7, 11) is 0. The number of imidazole rings is 1. The van der Waals surface area contributed by atoms with Gasteiger partial charge in [0.2, 0.25) is 11.9 Å². The van der Waals surface area contributed by atoms with E-state index in [1.807, 2.05) is 85.2 Å². The van der Waals surface area contributed by atoms with E-state index < -0.39 is 23.1 Å². The lowest BCUT2D eigenvalue weighted by molar-refractivity contribution is -0.171. The normalized spacial score (nSPS) is 22.0. The monoisotopic (exact) mass is 621 g/mol. The molecular weight excluding hydrogens is 590 g/mol. The third kappa shape index (κ3) is 5.11. The van der Waals surface area contributed by atoms with Crippen LogP contribution in [0.5, 0.6) is 0 Å². The lowest BCUT2D eigenvalue weighted by Gasteiger charge is -2.39. The van der Waals surface area contributed by atoms with E-state index in [9.17, 15) is 4.79 Å². The second-order valence-electron chi connectivity index (χ2n) is 11.8. The molecular formula is C35H32ClN5O4. The van der Waals surface area contributed by atoms with Gasteiger partial charge in [-0.05, 0) is 36.6 Å². The van der Waals surface area contributed by atoms with E-state index in [0.717, 1.165) is 16.7 Å². The lowest BCUT2D eigenvalue weighted by atomic mass is 9.80. The van der Waals surface area contributed by atoms with Gasteiger partial charge in [-0.3, -0.25) is 10.1 Å². The van der Waals surface area contributed by atoms with Crippen LogP contribution in [0.1, 0.15) is 43.5 Å². The molecule has 45 heavy (non-hydrogen) atoms. The Balaban J connectivity index is 1.31. The predicted molar refractivity (Wildman–Crippen MR) is 171 cm³/mol. The molecule has 0 radical (unpaired) electrons. The molecule has 0 spiro atoms. The van der Waals surface area contributed by atoms with Crippen molar-refractivity contribution in [3.63, 3.8) is 0 Å². The Kier molecular flexibility index (Phi) is 7.29. The number of ether oxygens (including phenoxy) is 3. The maximum absolute atomic E-state index is 11.7. The fourth-order valence-corrected chi connectivity index (χ4v) is 6.71. The van der Waals surface area contributed by atoms with Crippen molar-refractivity contribution in [2.24, 2.45) is 0 Å². The molecule has 9 nitrogen and oxygen atoms in total. The van der Waals surface area contributed by atoms with Crippen LogP contribution in [0, 0.1) is 0 Å². The standard InChI is InChI=1S/C35H32ClN5O4/c1-23(42)38-32-39-30(36)28-31(40-32)41(22-37-28)27-19-20-34(29(27)44-33(2,3)45-34)21-43-35(24-13-7-4-8-14-24,25-15-9-5-10-16-25)26-17-11-6-12-18-26/h4-20,22,27,29H,21H2,1-3H3,(H,38,39,40,42)/t27-,29+,34+/m1/s1. The number of benzene rings is 3. The molecule has 0 bridgehead atoms. The van der Waals surface area contributed by atoms with Crippen molar-refractivity contribution < 1.29 is 19.0 Å². The predicted octanol–water partition coefficient (Wildman–Crippen LogP) is 6.45. The average Bonchev–Trinajstić information content (AvgIpc) is 3.68. The van der Waals surface area contributed by atoms with E-state index in [1.54, 1.807) is 6.33 Å². The van der Waals surface area contributed by atoms with Crippen molar-refractivity contribution in [3.8, 4) is 0 Å². The van der Waals surface area contributed by atoms with Gasteiger partial charge in [0.25, 0.3) is 0 Å². The summed E-state index contributed by atoms with van der Waals surface area (Å²) >= 11 is 6.45. The van der Waals surface area contributed by atoms with E-state index in [2.05, 4.69) is 56.7 Å². The van der Waals surface area contributed by atoms with Crippen molar-refractivity contribution in [1.29, 1.82) is 0 Å². The van der Waals surface area contributed by atoms with Crippen LogP contribution in [0.2, 0.25) is 5.15 Å². The minimum absolute atomic E-state index is 0.0978. The average molecular weight is 622 g/mol. The Morgan fingerprint density at radius 1 is 0.956 bits per heavy atom. The highest BCUT2D eigenvalue weighted by Crippen LogP contribution is 2.50. The Morgan fingerprint density at radius 2 is 1.53 bits per heavy atom. The van der Waals surface area contributed by atoms with E-state index in [-0.39, 0.29) is 29.7 Å². The maximum Gasteiger partial charge on any atom is 0.232 e. The van der Waals surface area contributed by atoms with Crippen molar-refractivity contribution in [2.45, 2.75) is 49.9 Å². The van der Waals surface area contributed by atoms with Crippen molar-refractivity contribution in [2.75, 3.05) is 11.9 Å². The van der Waals surface area contributed by atoms with Crippen LogP contribution in [0.25, 0.3) is 11.2 Å². The number of hydrogen-bond acceptors (Lipinski definition) is 7. The largest absolute Gasteiger partial charge is 0.357 e. The molecule has 3 heterocycles. The van der Waals surface area contributed by atoms with E-state index in [1.165, 1.54) is 6.92 Å². The number of carbonyl (C=O) groups excluding carboxylic acids is 1. The molecule has 10 heteroatoms. The summed E-state index contributed by atoms with van der Waals surface area (Å²) in [4.78, 5) is 25.0. The SMILES string of the molecule is CC(=O)Nc1nc(Cl)c2ncn([C@@H]3C=C[C@@]4(COC(c5ccccc5)(c5ccccc5)c5ccccc5)OC(C)(C)O[C@@H]34)c2n1. The summed E-state index contributed by atoms with van der Waals surface area (Å²) in [6.07, 6.45) is 5.20. The van der Waals surface area contributed by atoms with Crippen molar-refractivity contribution in [1.82, 2.24) is 19.5 Å². The van der Waals surface area contributed by atoms with Gasteiger partial charge in [0.1, 0.15) is 22.8 Å². The Morgan fingerprint density at radius 3 is 2.09 bits per heavy atom. The van der Waals surface area contributed by atoms with E-state index >= 15 is 0 Å². The van der Waals surface area contributed by atoms with Crippen LogP contribution >= 0.6 is 11.6 Å². The van der Waals surface area contributed by atoms with Crippen molar-refractivity contribution >= 4 is 34.6 Å². The molecule has 1 aliphatic heterocycles. The molecule has 1 aliphatic carbocycles. The first kappa shape index (κ1) is 29.3. The van der Waals surface area contributed by atoms with Gasteiger partial charge in [-0.25, -0.2) is 4.98 Å². The first-order valence-electron chi connectivity index (χ1n) is 14.8. The third-order valence-electron chi connectivity index (χ3n) is 8.26. The Labute approximate surface area is 265 Å². The van der Waals surface area contributed by atoms with E-state index in [0.29, 0.717) is 11.2 Å². The number of nitrogens with zero attached hydrogens (tertiary/aromatic N) is 4. The summed E-state index contributed by atoms with van der Waals surface area (Å²) in [5.74, 6) is -1.11. The molecule has 2 aliphatic rings. The molecule has 7 rings (SSSR count). The minimum Gasteiger partial charge on any atom is -0.357 e. The highest BCUT2D eigenvalue weighted by atomic mass is 35.5. The first-order valence-corrected chi connectivity index (χ1v) is 15.1. The molecule has 0 unspecified atom stereocenters. The van der Waals surface area contributed by atoms with Gasteiger partial charge in [0.05, 0.1) is 19.0 Å². The Hall–Kier alpha value is -4.41. The van der Waals surface area contributed by atoms with Gasteiger partial charge >= 0.3 is 0 Å². The van der Waals surface area contributed by atoms with E-state index in [4.69, 9.17) is 25.8 Å².